The monoisotopic (exact) mass is 170 g/mol. The highest BCUT2D eigenvalue weighted by Crippen LogP contribution is 2.16. The van der Waals surface area contributed by atoms with Crippen LogP contribution in [0.15, 0.2) is 22.8 Å². The standard InChI is InChI=1S/C8H10O4/c1-11-8(10)5-6(9)7-3-2-4-12-7/h2-4,6,9H,5H2,1H3/t6-/m0/s1. The number of methoxy groups -OCH3 is 1. The van der Waals surface area contributed by atoms with E-state index in [0.29, 0.717) is 5.76 Å². The molecule has 1 rings (SSSR count). The predicted octanol–water partition coefficient (Wildman–Crippen LogP) is 0.876. The van der Waals surface area contributed by atoms with Crippen molar-refractivity contribution in [3.05, 3.63) is 24.2 Å². The Kier molecular flexibility index (Phi) is 2.88. The van der Waals surface area contributed by atoms with E-state index in [1.807, 2.05) is 0 Å². The summed E-state index contributed by atoms with van der Waals surface area (Å²) in [7, 11) is 1.27. The Morgan fingerprint density at radius 3 is 3.08 bits per heavy atom. The van der Waals surface area contributed by atoms with Gasteiger partial charge in [0.1, 0.15) is 11.9 Å². The Morgan fingerprint density at radius 2 is 2.58 bits per heavy atom. The molecule has 4 nitrogen and oxygen atoms in total. The van der Waals surface area contributed by atoms with Crippen LogP contribution in [0.25, 0.3) is 0 Å². The Labute approximate surface area is 69.8 Å². The number of esters is 1. The first-order chi connectivity index (χ1) is 5.74. The van der Waals surface area contributed by atoms with Gasteiger partial charge < -0.3 is 14.3 Å². The second-order valence-corrected chi connectivity index (χ2v) is 2.31. The fourth-order valence-electron chi connectivity index (χ4n) is 0.823. The molecule has 0 saturated heterocycles. The average Bonchev–Trinajstić information content (AvgIpc) is 2.56. The van der Waals surface area contributed by atoms with Gasteiger partial charge in [-0.05, 0) is 12.1 Å². The van der Waals surface area contributed by atoms with Gasteiger partial charge in [-0.2, -0.15) is 0 Å². The number of ether oxygens (including phenoxy) is 1. The minimum Gasteiger partial charge on any atom is -0.469 e. The lowest BCUT2D eigenvalue weighted by Gasteiger charge is -2.04. The van der Waals surface area contributed by atoms with E-state index in [4.69, 9.17) is 4.42 Å². The summed E-state index contributed by atoms with van der Waals surface area (Å²) < 4.78 is 9.26. The van der Waals surface area contributed by atoms with E-state index in [0.717, 1.165) is 0 Å². The van der Waals surface area contributed by atoms with Gasteiger partial charge in [0.2, 0.25) is 0 Å². The number of furan rings is 1. The SMILES string of the molecule is COC(=O)C[C@H](O)c1ccco1. The van der Waals surface area contributed by atoms with Crippen molar-refractivity contribution in [3.8, 4) is 0 Å². The quantitative estimate of drug-likeness (QED) is 0.684. The number of aliphatic hydroxyl groups is 1. The third-order valence-corrected chi connectivity index (χ3v) is 1.46. The maximum Gasteiger partial charge on any atom is 0.308 e. The largest absolute Gasteiger partial charge is 0.469 e. The number of hydrogen-bond donors (Lipinski definition) is 1. The normalized spacial score (nSPS) is 12.5. The zero-order valence-corrected chi connectivity index (χ0v) is 6.69. The molecule has 0 amide bonds. The van der Waals surface area contributed by atoms with Gasteiger partial charge in [0.25, 0.3) is 0 Å². The number of hydrogen-bond acceptors (Lipinski definition) is 4. The van der Waals surface area contributed by atoms with Crippen molar-refractivity contribution in [1.82, 2.24) is 0 Å². The van der Waals surface area contributed by atoms with Crippen molar-refractivity contribution in [2.75, 3.05) is 7.11 Å². The molecule has 0 unspecified atom stereocenters. The van der Waals surface area contributed by atoms with E-state index < -0.39 is 12.1 Å². The molecule has 0 spiro atoms. The minimum atomic E-state index is -0.910. The first kappa shape index (κ1) is 8.80. The summed E-state index contributed by atoms with van der Waals surface area (Å²) >= 11 is 0. The molecule has 1 atom stereocenters. The highest BCUT2D eigenvalue weighted by molar-refractivity contribution is 5.69. The van der Waals surface area contributed by atoms with E-state index in [1.165, 1.54) is 13.4 Å². The summed E-state index contributed by atoms with van der Waals surface area (Å²) in [4.78, 5) is 10.7. The van der Waals surface area contributed by atoms with E-state index in [1.54, 1.807) is 12.1 Å². The summed E-state index contributed by atoms with van der Waals surface area (Å²) in [6, 6.07) is 3.25. The van der Waals surface area contributed by atoms with Crippen LogP contribution in [0.4, 0.5) is 0 Å². The lowest BCUT2D eigenvalue weighted by molar-refractivity contribution is -0.143. The van der Waals surface area contributed by atoms with Crippen LogP contribution in [0.1, 0.15) is 18.3 Å². The van der Waals surface area contributed by atoms with Crippen LogP contribution in [-0.2, 0) is 9.53 Å². The van der Waals surface area contributed by atoms with Gasteiger partial charge in [-0.25, -0.2) is 0 Å². The molecule has 4 heteroatoms. The molecule has 1 heterocycles. The lowest BCUT2D eigenvalue weighted by Crippen LogP contribution is -2.07. The predicted molar refractivity (Wildman–Crippen MR) is 40.3 cm³/mol. The lowest BCUT2D eigenvalue weighted by atomic mass is 10.2. The molecule has 0 bridgehead atoms. The fourth-order valence-corrected chi connectivity index (χ4v) is 0.823. The van der Waals surface area contributed by atoms with Crippen LogP contribution < -0.4 is 0 Å². The second kappa shape index (κ2) is 3.92. The first-order valence-electron chi connectivity index (χ1n) is 3.52. The molecule has 0 fully saturated rings. The summed E-state index contributed by atoms with van der Waals surface area (Å²) in [6.07, 6.45) is 0.451. The first-order valence-corrected chi connectivity index (χ1v) is 3.52. The van der Waals surface area contributed by atoms with Gasteiger partial charge >= 0.3 is 5.97 Å². The van der Waals surface area contributed by atoms with Crippen LogP contribution in [0, 0.1) is 0 Å². The maximum absolute atomic E-state index is 10.7. The number of aliphatic hydroxyl groups excluding tert-OH is 1. The van der Waals surface area contributed by atoms with E-state index in [-0.39, 0.29) is 6.42 Å². The van der Waals surface area contributed by atoms with Crippen molar-refractivity contribution < 1.29 is 19.1 Å². The number of carbonyl (C=O) groups excluding carboxylic acids is 1. The molecular weight excluding hydrogens is 160 g/mol. The molecule has 66 valence electrons. The van der Waals surface area contributed by atoms with E-state index >= 15 is 0 Å². The van der Waals surface area contributed by atoms with Crippen LogP contribution in [0.3, 0.4) is 0 Å². The van der Waals surface area contributed by atoms with Crippen molar-refractivity contribution in [1.29, 1.82) is 0 Å². The van der Waals surface area contributed by atoms with Crippen molar-refractivity contribution in [2.45, 2.75) is 12.5 Å². The smallest absolute Gasteiger partial charge is 0.308 e. The molecule has 12 heavy (non-hydrogen) atoms. The van der Waals surface area contributed by atoms with Crippen LogP contribution in [0.5, 0.6) is 0 Å². The van der Waals surface area contributed by atoms with Crippen LogP contribution in [0.2, 0.25) is 0 Å². The van der Waals surface area contributed by atoms with Crippen molar-refractivity contribution >= 4 is 5.97 Å². The van der Waals surface area contributed by atoms with Gasteiger partial charge in [0.05, 0.1) is 19.8 Å². The van der Waals surface area contributed by atoms with E-state index in [2.05, 4.69) is 4.74 Å². The minimum absolute atomic E-state index is 0.0794. The zero-order valence-electron chi connectivity index (χ0n) is 6.69. The van der Waals surface area contributed by atoms with Gasteiger partial charge in [-0.1, -0.05) is 0 Å². The van der Waals surface area contributed by atoms with E-state index in [9.17, 15) is 9.90 Å². The Balaban J connectivity index is 2.49. The highest BCUT2D eigenvalue weighted by atomic mass is 16.5. The van der Waals surface area contributed by atoms with Crippen molar-refractivity contribution in [2.24, 2.45) is 0 Å². The van der Waals surface area contributed by atoms with Gasteiger partial charge in [0.15, 0.2) is 0 Å². The van der Waals surface area contributed by atoms with Crippen LogP contribution >= 0.6 is 0 Å². The van der Waals surface area contributed by atoms with Gasteiger partial charge in [-0.3, -0.25) is 4.79 Å². The van der Waals surface area contributed by atoms with Crippen LogP contribution in [-0.4, -0.2) is 18.2 Å². The molecule has 1 aromatic rings. The summed E-state index contributed by atoms with van der Waals surface area (Å²) in [5.41, 5.74) is 0. The molecule has 0 radical (unpaired) electrons. The van der Waals surface area contributed by atoms with Gasteiger partial charge in [0, 0.05) is 0 Å². The molecule has 0 aliphatic heterocycles. The molecule has 0 aliphatic rings. The molecule has 0 aliphatic carbocycles. The number of carbonyl (C=O) groups is 1. The Hall–Kier alpha value is -1.29. The fraction of sp³-hybridized carbons (Fsp3) is 0.375. The Morgan fingerprint density at radius 1 is 1.83 bits per heavy atom. The molecule has 1 N–H and O–H groups in total. The third kappa shape index (κ3) is 2.10. The summed E-state index contributed by atoms with van der Waals surface area (Å²) in [5.74, 6) is -0.0840. The zero-order chi connectivity index (χ0) is 8.97. The number of rotatable bonds is 3. The second-order valence-electron chi connectivity index (χ2n) is 2.31. The third-order valence-electron chi connectivity index (χ3n) is 1.46. The average molecular weight is 170 g/mol. The highest BCUT2D eigenvalue weighted by Gasteiger charge is 2.14. The van der Waals surface area contributed by atoms with Gasteiger partial charge in [-0.15, -0.1) is 0 Å². The Bertz CT molecular complexity index is 240. The maximum atomic E-state index is 10.7. The molecule has 1 aromatic heterocycles. The molecular formula is C8H10O4. The molecule has 0 aromatic carbocycles. The topological polar surface area (TPSA) is 59.7 Å². The summed E-state index contributed by atoms with van der Waals surface area (Å²) in [6.45, 7) is 0. The van der Waals surface area contributed by atoms with Crippen molar-refractivity contribution in [3.63, 3.8) is 0 Å². The molecule has 0 saturated carbocycles. The summed E-state index contributed by atoms with van der Waals surface area (Å²) in [5, 5.41) is 9.32.